The second-order valence-electron chi connectivity index (χ2n) is 15.7. The minimum Gasteiger partial charge on any atom is -0.472 e. The van der Waals surface area contributed by atoms with Crippen molar-refractivity contribution in [3.05, 3.63) is 40.3 Å². The largest absolute Gasteiger partial charge is 0.472 e. The molecule has 15 heteroatoms. The first-order valence-electron chi connectivity index (χ1n) is 17.2. The van der Waals surface area contributed by atoms with Crippen LogP contribution in [0.3, 0.4) is 0 Å². The summed E-state index contributed by atoms with van der Waals surface area (Å²) in [5.74, 6) is -0.948. The Labute approximate surface area is 299 Å². The number of aromatic nitrogens is 2. The molecule has 2 amide bonds. The molecule has 2 saturated heterocycles. The molecule has 3 aliphatic rings. The number of aryl methyl sites for hydroxylation is 2. The summed E-state index contributed by atoms with van der Waals surface area (Å²) in [5.41, 5.74) is -3.97. The molecule has 0 radical (unpaired) electrons. The number of nitrogens with zero attached hydrogens (tertiary/aromatic N) is 5. The normalized spacial score (nSPS) is 21.2. The van der Waals surface area contributed by atoms with Crippen LogP contribution in [0.4, 0.5) is 38.7 Å². The van der Waals surface area contributed by atoms with Crippen LogP contribution in [0, 0.1) is 31.0 Å². The molecule has 0 saturated carbocycles. The van der Waals surface area contributed by atoms with Crippen molar-refractivity contribution in [2.24, 2.45) is 0 Å². The van der Waals surface area contributed by atoms with Crippen molar-refractivity contribution >= 4 is 34.5 Å². The number of pyridine rings is 2. The summed E-state index contributed by atoms with van der Waals surface area (Å²) in [5, 5.41) is 12.3. The lowest BCUT2D eigenvalue weighted by molar-refractivity contribution is -0.137. The summed E-state index contributed by atoms with van der Waals surface area (Å²) in [6.45, 7) is 15.2. The van der Waals surface area contributed by atoms with E-state index in [2.05, 4.69) is 10.3 Å². The third kappa shape index (κ3) is 6.63. The second-order valence-corrected chi connectivity index (χ2v) is 15.7. The first kappa shape index (κ1) is 36.9. The topological polar surface area (TPSA) is 130 Å². The zero-order valence-corrected chi connectivity index (χ0v) is 30.6. The number of hydrogen-bond acceptors (Lipinski definition) is 9. The highest BCUT2D eigenvalue weighted by molar-refractivity contribution is 6.02. The van der Waals surface area contributed by atoms with Gasteiger partial charge in [-0.1, -0.05) is 0 Å². The van der Waals surface area contributed by atoms with Crippen molar-refractivity contribution in [1.82, 2.24) is 14.9 Å². The third-order valence-corrected chi connectivity index (χ3v) is 9.48. The highest BCUT2D eigenvalue weighted by atomic mass is 19.4. The van der Waals surface area contributed by atoms with E-state index in [4.69, 9.17) is 19.2 Å². The van der Waals surface area contributed by atoms with E-state index >= 15 is 4.39 Å². The van der Waals surface area contributed by atoms with Crippen molar-refractivity contribution in [3.63, 3.8) is 0 Å². The van der Waals surface area contributed by atoms with Gasteiger partial charge in [0.2, 0.25) is 5.88 Å². The maximum Gasteiger partial charge on any atom is 0.417 e. The number of benzene rings is 1. The van der Waals surface area contributed by atoms with E-state index < -0.39 is 64.3 Å². The van der Waals surface area contributed by atoms with Gasteiger partial charge in [-0.2, -0.15) is 18.4 Å². The number of amides is 2. The van der Waals surface area contributed by atoms with Gasteiger partial charge < -0.3 is 19.1 Å². The van der Waals surface area contributed by atoms with Gasteiger partial charge in [-0.15, -0.1) is 0 Å². The van der Waals surface area contributed by atoms with Crippen molar-refractivity contribution in [2.45, 2.75) is 123 Å². The maximum atomic E-state index is 17.3. The van der Waals surface area contributed by atoms with Crippen LogP contribution in [0.5, 0.6) is 5.88 Å². The van der Waals surface area contributed by atoms with E-state index in [1.54, 1.807) is 60.3 Å². The summed E-state index contributed by atoms with van der Waals surface area (Å²) in [7, 11) is 0. The van der Waals surface area contributed by atoms with Gasteiger partial charge in [-0.25, -0.2) is 23.9 Å². The number of rotatable bonds is 3. The van der Waals surface area contributed by atoms with Gasteiger partial charge >= 0.3 is 18.4 Å². The third-order valence-electron chi connectivity index (χ3n) is 9.48. The minimum atomic E-state index is -4.95. The molecular formula is C37H42F4N6O5. The Balaban J connectivity index is 1.57. The Morgan fingerprint density at radius 1 is 1.04 bits per heavy atom. The number of halogens is 4. The number of carbonyl (C=O) groups is 2. The van der Waals surface area contributed by atoms with E-state index in [1.165, 1.54) is 6.92 Å². The molecule has 6 rings (SSSR count). The molecule has 1 aromatic carbocycles. The van der Waals surface area contributed by atoms with E-state index in [-0.39, 0.29) is 52.0 Å². The lowest BCUT2D eigenvalue weighted by Gasteiger charge is -2.48. The van der Waals surface area contributed by atoms with Crippen LogP contribution in [0.25, 0.3) is 22.0 Å². The van der Waals surface area contributed by atoms with E-state index in [0.717, 1.165) is 12.1 Å². The van der Waals surface area contributed by atoms with Crippen LogP contribution in [-0.4, -0.2) is 69.0 Å². The lowest BCUT2D eigenvalue weighted by atomic mass is 9.94. The Kier molecular flexibility index (Phi) is 8.99. The summed E-state index contributed by atoms with van der Waals surface area (Å²) >= 11 is 0. The average molecular weight is 727 g/mol. The van der Waals surface area contributed by atoms with Crippen molar-refractivity contribution in [3.8, 4) is 23.2 Å². The van der Waals surface area contributed by atoms with Crippen molar-refractivity contribution in [1.29, 1.82) is 5.26 Å². The standard InChI is InChI=1S/C37H42F4N6O5/c1-17-14-20(44-33(48)51-35(4,5)6)15-23(27(17)37(39,40)41)29-28(38)25-22(12-13-42)18(2)43-31-26(25)32(45-29)50-19(3)30-24-11-10-21(16-46(30)31)47(24)34(49)52-36(7,8)9/h14-15,19,21,24,30H,10-12,16H2,1-9H3,(H,44,48)/t19-,21+,24-,30+/m0/s1. The Hall–Kier alpha value is -4.87. The molecule has 0 unspecified atom stereocenters. The van der Waals surface area contributed by atoms with Gasteiger partial charge in [0.15, 0.2) is 5.82 Å². The van der Waals surface area contributed by atoms with Gasteiger partial charge in [0.25, 0.3) is 0 Å². The summed E-state index contributed by atoms with van der Waals surface area (Å²) in [6, 6.07) is 3.02. The SMILES string of the molecule is Cc1cc(NC(=O)OC(C)(C)C)cc(-c2nc3c4c(nc(C)c(CC#N)c4c2F)N2C[C@H]4CC[C@@H]([C@H]2[C@H](C)O3)N4C(=O)OC(C)(C)C)c1C(F)(F)F. The number of fused-ring (bicyclic) bond motifs is 5. The van der Waals surface area contributed by atoms with E-state index in [9.17, 15) is 28.0 Å². The van der Waals surface area contributed by atoms with E-state index in [1.807, 2.05) is 11.0 Å². The fourth-order valence-electron chi connectivity index (χ4n) is 7.73. The van der Waals surface area contributed by atoms with Gasteiger partial charge in [-0.05, 0) is 98.4 Å². The molecule has 52 heavy (non-hydrogen) atoms. The molecule has 1 N–H and O–H groups in total. The summed E-state index contributed by atoms with van der Waals surface area (Å²) in [6.07, 6.45) is -6.02. The van der Waals surface area contributed by atoms with Gasteiger partial charge in [0.05, 0.1) is 41.6 Å². The number of anilines is 2. The zero-order valence-electron chi connectivity index (χ0n) is 30.6. The number of hydrogen-bond donors (Lipinski definition) is 1. The number of piperazine rings is 1. The van der Waals surface area contributed by atoms with Crippen LogP contribution in [-0.2, 0) is 22.1 Å². The molecule has 2 bridgehead atoms. The van der Waals surface area contributed by atoms with Crippen LogP contribution in [0.2, 0.25) is 0 Å². The Morgan fingerprint density at radius 2 is 1.71 bits per heavy atom. The summed E-state index contributed by atoms with van der Waals surface area (Å²) in [4.78, 5) is 39.2. The first-order chi connectivity index (χ1) is 24.1. The lowest BCUT2D eigenvalue weighted by Crippen LogP contribution is -2.65. The quantitative estimate of drug-likeness (QED) is 0.266. The van der Waals surface area contributed by atoms with Gasteiger partial charge in [0.1, 0.15) is 28.8 Å². The monoisotopic (exact) mass is 726 g/mol. The number of nitriles is 1. The Bertz CT molecular complexity index is 2020. The predicted molar refractivity (Wildman–Crippen MR) is 185 cm³/mol. The average Bonchev–Trinajstić information content (AvgIpc) is 3.23. The second kappa shape index (κ2) is 12.7. The fraction of sp³-hybridized carbons (Fsp3) is 0.541. The molecule has 4 atom stereocenters. The molecule has 278 valence electrons. The number of alkyl halides is 3. The summed E-state index contributed by atoms with van der Waals surface area (Å²) < 4.78 is 79.2. The fourth-order valence-corrected chi connectivity index (χ4v) is 7.73. The molecule has 0 spiro atoms. The highest BCUT2D eigenvalue weighted by Gasteiger charge is 2.54. The van der Waals surface area contributed by atoms with Crippen molar-refractivity contribution < 1.29 is 41.4 Å². The number of ether oxygens (including phenoxy) is 3. The molecule has 2 aromatic heterocycles. The van der Waals surface area contributed by atoms with Crippen LogP contribution in [0.1, 0.15) is 83.7 Å². The van der Waals surface area contributed by atoms with E-state index in [0.29, 0.717) is 30.9 Å². The molecular weight excluding hydrogens is 684 g/mol. The zero-order chi connectivity index (χ0) is 38.2. The minimum absolute atomic E-state index is 0.0737. The number of carbonyl (C=O) groups excluding carboxylic acids is 2. The molecule has 11 nitrogen and oxygen atoms in total. The first-order valence-corrected chi connectivity index (χ1v) is 17.2. The predicted octanol–water partition coefficient (Wildman–Crippen LogP) is 8.22. The van der Waals surface area contributed by atoms with Crippen LogP contribution < -0.4 is 15.0 Å². The van der Waals surface area contributed by atoms with Crippen LogP contribution in [0.15, 0.2) is 12.1 Å². The maximum absolute atomic E-state index is 17.3. The van der Waals surface area contributed by atoms with Crippen molar-refractivity contribution in [2.75, 3.05) is 16.8 Å². The van der Waals surface area contributed by atoms with Gasteiger partial charge in [-0.3, -0.25) is 10.2 Å². The van der Waals surface area contributed by atoms with Gasteiger partial charge in [0, 0.05) is 28.9 Å². The molecule has 3 aromatic rings. The molecule has 0 aliphatic carbocycles. The number of nitrogens with one attached hydrogen (secondary N) is 1. The Morgan fingerprint density at radius 3 is 2.33 bits per heavy atom. The molecule has 5 heterocycles. The smallest absolute Gasteiger partial charge is 0.417 e. The molecule has 2 fully saturated rings. The molecule has 3 aliphatic heterocycles. The van der Waals surface area contributed by atoms with Crippen LogP contribution >= 0.6 is 0 Å². The highest BCUT2D eigenvalue weighted by Crippen LogP contribution is 2.49.